The lowest BCUT2D eigenvalue weighted by atomic mass is 9.92. The Morgan fingerprint density at radius 1 is 0.236 bits per heavy atom. The zero-order valence-electron chi connectivity index (χ0n) is 30.3. The molecule has 0 unspecified atom stereocenters. The Kier molecular flexibility index (Phi) is 8.24. The van der Waals surface area contributed by atoms with Crippen LogP contribution < -0.4 is 4.90 Å². The van der Waals surface area contributed by atoms with Crippen molar-refractivity contribution >= 4 is 49.4 Å². The Morgan fingerprint density at radius 3 is 1.20 bits per heavy atom. The standard InChI is InChI=1S/C54H37N/c1-2-13-38(14-3-1)39-27-32-45(33-28-39)55(46-34-29-43(30-35-46)49-24-10-18-40-15-4-7-21-47(40)49)54-37-44(51-25-11-19-41-16-5-8-22-48(41)51)31-36-53(54)52-26-12-20-42-17-6-9-23-50(42)52/h1-37H. The van der Waals surface area contributed by atoms with Crippen molar-refractivity contribution < 1.29 is 0 Å². The fourth-order valence-corrected chi connectivity index (χ4v) is 8.18. The molecule has 10 rings (SSSR count). The Labute approximate surface area is 322 Å². The topological polar surface area (TPSA) is 3.24 Å². The number of nitrogens with zero attached hydrogens (tertiary/aromatic N) is 1. The quantitative estimate of drug-likeness (QED) is 0.160. The summed E-state index contributed by atoms with van der Waals surface area (Å²) in [6.45, 7) is 0. The molecular weight excluding hydrogens is 663 g/mol. The van der Waals surface area contributed by atoms with Crippen molar-refractivity contribution in [3.63, 3.8) is 0 Å². The van der Waals surface area contributed by atoms with Gasteiger partial charge in [-0.15, -0.1) is 0 Å². The van der Waals surface area contributed by atoms with E-state index in [-0.39, 0.29) is 0 Å². The molecule has 10 aromatic carbocycles. The summed E-state index contributed by atoms with van der Waals surface area (Å²) >= 11 is 0. The summed E-state index contributed by atoms with van der Waals surface area (Å²) < 4.78 is 0. The molecule has 0 aliphatic carbocycles. The molecule has 258 valence electrons. The number of anilines is 3. The van der Waals surface area contributed by atoms with Crippen molar-refractivity contribution in [2.75, 3.05) is 4.90 Å². The SMILES string of the molecule is c1ccc(-c2ccc(N(c3ccc(-c4cccc5ccccc45)cc3)c3cc(-c4cccc5ccccc45)ccc3-c3cccc4ccccc34)cc2)cc1. The summed E-state index contributed by atoms with van der Waals surface area (Å²) in [7, 11) is 0. The Hall–Kier alpha value is -7.22. The Balaban J connectivity index is 1.21. The van der Waals surface area contributed by atoms with Gasteiger partial charge in [-0.25, -0.2) is 0 Å². The second kappa shape index (κ2) is 14.0. The summed E-state index contributed by atoms with van der Waals surface area (Å²) in [5.41, 5.74) is 12.9. The highest BCUT2D eigenvalue weighted by Gasteiger charge is 2.21. The van der Waals surface area contributed by atoms with E-state index in [9.17, 15) is 0 Å². The average Bonchev–Trinajstić information content (AvgIpc) is 3.27. The maximum Gasteiger partial charge on any atom is 0.0546 e. The van der Waals surface area contributed by atoms with E-state index in [0.29, 0.717) is 0 Å². The first kappa shape index (κ1) is 32.4. The zero-order chi connectivity index (χ0) is 36.6. The fraction of sp³-hybridized carbons (Fsp3) is 0. The molecule has 0 aliphatic heterocycles. The van der Waals surface area contributed by atoms with Crippen LogP contribution in [-0.4, -0.2) is 0 Å². The van der Waals surface area contributed by atoms with E-state index in [4.69, 9.17) is 0 Å². The third-order valence-corrected chi connectivity index (χ3v) is 10.9. The first-order valence-corrected chi connectivity index (χ1v) is 18.9. The van der Waals surface area contributed by atoms with Crippen molar-refractivity contribution in [3.05, 3.63) is 224 Å². The molecule has 0 spiro atoms. The Bertz CT molecular complexity index is 2940. The molecule has 1 nitrogen and oxygen atoms in total. The molecule has 0 aliphatic rings. The van der Waals surface area contributed by atoms with Crippen molar-refractivity contribution in [3.8, 4) is 44.5 Å². The first-order valence-electron chi connectivity index (χ1n) is 18.9. The fourth-order valence-electron chi connectivity index (χ4n) is 8.18. The van der Waals surface area contributed by atoms with Gasteiger partial charge in [-0.05, 0) is 102 Å². The molecule has 0 radical (unpaired) electrons. The third kappa shape index (κ3) is 6.02. The highest BCUT2D eigenvalue weighted by molar-refractivity contribution is 6.04. The molecule has 0 N–H and O–H groups in total. The van der Waals surface area contributed by atoms with Crippen LogP contribution in [-0.2, 0) is 0 Å². The summed E-state index contributed by atoms with van der Waals surface area (Å²) in [6, 6.07) is 81.6. The number of hydrogen-bond acceptors (Lipinski definition) is 1. The molecule has 0 saturated heterocycles. The molecule has 0 atom stereocenters. The van der Waals surface area contributed by atoms with Crippen molar-refractivity contribution in [1.29, 1.82) is 0 Å². The normalized spacial score (nSPS) is 11.3. The summed E-state index contributed by atoms with van der Waals surface area (Å²) in [5, 5.41) is 7.43. The van der Waals surface area contributed by atoms with Gasteiger partial charge in [0.15, 0.2) is 0 Å². The van der Waals surface area contributed by atoms with Gasteiger partial charge in [0.2, 0.25) is 0 Å². The smallest absolute Gasteiger partial charge is 0.0546 e. The van der Waals surface area contributed by atoms with E-state index < -0.39 is 0 Å². The highest BCUT2D eigenvalue weighted by Crippen LogP contribution is 2.46. The van der Waals surface area contributed by atoms with Crippen LogP contribution in [0, 0.1) is 0 Å². The summed E-state index contributed by atoms with van der Waals surface area (Å²) in [4.78, 5) is 2.44. The molecule has 1 heteroatoms. The van der Waals surface area contributed by atoms with E-state index in [1.54, 1.807) is 0 Å². The van der Waals surface area contributed by atoms with Gasteiger partial charge in [-0.3, -0.25) is 0 Å². The van der Waals surface area contributed by atoms with Crippen molar-refractivity contribution in [2.24, 2.45) is 0 Å². The van der Waals surface area contributed by atoms with Gasteiger partial charge in [0.1, 0.15) is 0 Å². The third-order valence-electron chi connectivity index (χ3n) is 10.9. The predicted octanol–water partition coefficient (Wildman–Crippen LogP) is 15.3. The molecule has 0 aromatic heterocycles. The molecule has 0 saturated carbocycles. The lowest BCUT2D eigenvalue weighted by molar-refractivity contribution is 1.28. The first-order chi connectivity index (χ1) is 27.3. The average molecular weight is 700 g/mol. The van der Waals surface area contributed by atoms with Crippen LogP contribution in [0.4, 0.5) is 17.1 Å². The molecule has 0 amide bonds. The van der Waals surface area contributed by atoms with Crippen LogP contribution in [0.5, 0.6) is 0 Å². The second-order valence-electron chi connectivity index (χ2n) is 14.1. The Morgan fingerprint density at radius 2 is 0.636 bits per heavy atom. The zero-order valence-corrected chi connectivity index (χ0v) is 30.3. The van der Waals surface area contributed by atoms with Crippen molar-refractivity contribution in [2.45, 2.75) is 0 Å². The lowest BCUT2D eigenvalue weighted by Gasteiger charge is -2.29. The summed E-state index contributed by atoms with van der Waals surface area (Å²) in [6.07, 6.45) is 0. The van der Waals surface area contributed by atoms with E-state index >= 15 is 0 Å². The van der Waals surface area contributed by atoms with Crippen molar-refractivity contribution in [1.82, 2.24) is 0 Å². The van der Waals surface area contributed by atoms with Gasteiger partial charge in [0.05, 0.1) is 5.69 Å². The maximum absolute atomic E-state index is 2.44. The van der Waals surface area contributed by atoms with E-state index in [2.05, 4.69) is 229 Å². The molecule has 0 fully saturated rings. The number of rotatable bonds is 7. The predicted molar refractivity (Wildman–Crippen MR) is 235 cm³/mol. The van der Waals surface area contributed by atoms with Crippen LogP contribution in [0.3, 0.4) is 0 Å². The highest BCUT2D eigenvalue weighted by atomic mass is 15.1. The largest absolute Gasteiger partial charge is 0.310 e. The number of fused-ring (bicyclic) bond motifs is 3. The van der Waals surface area contributed by atoms with Gasteiger partial charge < -0.3 is 4.90 Å². The van der Waals surface area contributed by atoms with Gasteiger partial charge >= 0.3 is 0 Å². The van der Waals surface area contributed by atoms with Crippen LogP contribution >= 0.6 is 0 Å². The molecular formula is C54H37N. The van der Waals surface area contributed by atoms with Gasteiger partial charge in [0, 0.05) is 16.9 Å². The summed E-state index contributed by atoms with van der Waals surface area (Å²) in [5.74, 6) is 0. The van der Waals surface area contributed by atoms with Gasteiger partial charge in [-0.2, -0.15) is 0 Å². The molecule has 0 bridgehead atoms. The molecule has 0 heterocycles. The van der Waals surface area contributed by atoms with Crippen LogP contribution in [0.25, 0.3) is 76.8 Å². The minimum Gasteiger partial charge on any atom is -0.310 e. The molecule has 55 heavy (non-hydrogen) atoms. The molecule has 10 aromatic rings. The van der Waals surface area contributed by atoms with E-state index in [0.717, 1.165) is 17.1 Å². The minimum atomic E-state index is 1.09. The minimum absolute atomic E-state index is 1.09. The lowest BCUT2D eigenvalue weighted by Crippen LogP contribution is -2.11. The van der Waals surface area contributed by atoms with Crippen LogP contribution in [0.15, 0.2) is 224 Å². The van der Waals surface area contributed by atoms with Crippen LogP contribution in [0.2, 0.25) is 0 Å². The van der Waals surface area contributed by atoms with Gasteiger partial charge in [0.25, 0.3) is 0 Å². The second-order valence-corrected chi connectivity index (χ2v) is 14.1. The van der Waals surface area contributed by atoms with E-state index in [1.807, 2.05) is 0 Å². The number of benzene rings is 10. The van der Waals surface area contributed by atoms with Crippen LogP contribution in [0.1, 0.15) is 0 Å². The number of hydrogen-bond donors (Lipinski definition) is 0. The van der Waals surface area contributed by atoms with E-state index in [1.165, 1.54) is 76.8 Å². The maximum atomic E-state index is 2.44. The monoisotopic (exact) mass is 699 g/mol. The van der Waals surface area contributed by atoms with Gasteiger partial charge in [-0.1, -0.05) is 194 Å².